The van der Waals surface area contributed by atoms with Crippen LogP contribution in [0.5, 0.6) is 0 Å². The molecule has 11 atom stereocenters. The van der Waals surface area contributed by atoms with E-state index in [1.807, 2.05) is 54.8 Å². The second-order valence-corrected chi connectivity index (χ2v) is 20.9. The van der Waals surface area contributed by atoms with Gasteiger partial charge in [-0.15, -0.1) is 0 Å². The highest BCUT2D eigenvalue weighted by Crippen LogP contribution is 2.72. The number of ketones is 2. The second-order valence-electron chi connectivity index (χ2n) is 18.7. The van der Waals surface area contributed by atoms with E-state index in [0.29, 0.717) is 30.6 Å². The summed E-state index contributed by atoms with van der Waals surface area (Å²) in [6.45, 7) is 2.84. The molecule has 1 unspecified atom stereocenters. The van der Waals surface area contributed by atoms with Crippen LogP contribution in [-0.4, -0.2) is 98.7 Å². The van der Waals surface area contributed by atoms with Crippen LogP contribution in [0.4, 0.5) is 14.5 Å². The van der Waals surface area contributed by atoms with Crippen molar-refractivity contribution in [3.05, 3.63) is 77.9 Å². The molecule has 0 aromatic heterocycles. The zero-order chi connectivity index (χ0) is 43.9. The van der Waals surface area contributed by atoms with Crippen molar-refractivity contribution in [1.29, 1.82) is 0 Å². The van der Waals surface area contributed by atoms with Gasteiger partial charge in [-0.25, -0.2) is 8.78 Å². The third-order valence-corrected chi connectivity index (χ3v) is 17.5. The lowest BCUT2D eigenvalue weighted by Gasteiger charge is -2.63. The molecule has 5 aliphatic carbocycles. The van der Waals surface area contributed by atoms with Gasteiger partial charge in [-0.2, -0.15) is 11.8 Å². The van der Waals surface area contributed by atoms with Gasteiger partial charge in [-0.05, 0) is 118 Å². The zero-order valence-corrected chi connectivity index (χ0v) is 36.5. The number of nitrogens with one attached hydrogen (secondary N) is 1. The van der Waals surface area contributed by atoms with Crippen LogP contribution < -0.4 is 5.32 Å². The highest BCUT2D eigenvalue weighted by atomic mass is 32.2. The number of anilines is 1. The predicted molar refractivity (Wildman–Crippen MR) is 227 cm³/mol. The van der Waals surface area contributed by atoms with E-state index in [9.17, 15) is 34.2 Å². The van der Waals surface area contributed by atoms with Crippen molar-refractivity contribution in [3.63, 3.8) is 0 Å². The molecule has 0 radical (unpaired) electrons. The number of benzene rings is 2. The number of amides is 3. The molecule has 2 saturated heterocycles. The van der Waals surface area contributed by atoms with Crippen molar-refractivity contribution < 1.29 is 52.4 Å². The van der Waals surface area contributed by atoms with Gasteiger partial charge in [0.05, 0.1) is 17.5 Å². The number of carbonyl (C=O) groups excluding carboxylic acids is 5. The van der Waals surface area contributed by atoms with Crippen molar-refractivity contribution in [2.45, 2.75) is 116 Å². The highest BCUT2D eigenvalue weighted by Gasteiger charge is 2.80. The fraction of sp³-hybridized carbons (Fsp3) is 0.553. The van der Waals surface area contributed by atoms with Crippen LogP contribution >= 0.6 is 23.5 Å². The summed E-state index contributed by atoms with van der Waals surface area (Å²) in [5, 5.41) is 24.9. The number of fused-ring (bicyclic) bond motifs is 7. The fourth-order valence-electron chi connectivity index (χ4n) is 12.3. The molecule has 0 spiro atoms. The topological polar surface area (TPSA) is 160 Å². The molecule has 15 heteroatoms. The predicted octanol–water partition coefficient (Wildman–Crippen LogP) is 6.72. The monoisotopic (exact) mass is 890 g/mol. The molecule has 6 fully saturated rings. The van der Waals surface area contributed by atoms with Crippen LogP contribution in [-0.2, 0) is 33.4 Å². The zero-order valence-electron chi connectivity index (χ0n) is 34.9. The molecule has 2 aromatic rings. The van der Waals surface area contributed by atoms with E-state index in [4.69, 9.17) is 9.47 Å². The first-order valence-electron chi connectivity index (χ1n) is 21.6. The number of carbonyl (C=O) groups is 5. The number of likely N-dealkylation sites (tertiary alicyclic amines) is 1. The lowest BCUT2D eigenvalue weighted by molar-refractivity contribution is -0.235. The number of hydrogen-bond donors (Lipinski definition) is 3. The molecule has 4 saturated carbocycles. The largest absolute Gasteiger partial charge is 0.390 e. The number of Topliss-reactive ketones (excluding diaryl/α,β-unsaturated/α-hetero) is 1. The molecular formula is C47H52F2N2O9S2. The van der Waals surface area contributed by atoms with Gasteiger partial charge in [0.25, 0.3) is 0 Å². The van der Waals surface area contributed by atoms with E-state index in [0.717, 1.165) is 28.7 Å². The van der Waals surface area contributed by atoms with Gasteiger partial charge < -0.3 is 25.0 Å². The van der Waals surface area contributed by atoms with Gasteiger partial charge in [0.1, 0.15) is 12.8 Å². The van der Waals surface area contributed by atoms with E-state index in [1.165, 1.54) is 47.5 Å². The Kier molecular flexibility index (Phi) is 11.3. The fourth-order valence-corrected chi connectivity index (χ4v) is 13.8. The molecule has 3 N–H and O–H groups in total. The minimum atomic E-state index is -2.33. The Morgan fingerprint density at radius 2 is 1.74 bits per heavy atom. The van der Waals surface area contributed by atoms with Crippen LogP contribution in [0, 0.1) is 34.5 Å². The van der Waals surface area contributed by atoms with Gasteiger partial charge in [0.2, 0.25) is 17.7 Å². The van der Waals surface area contributed by atoms with Crippen molar-refractivity contribution in [2.75, 3.05) is 24.7 Å². The Morgan fingerprint density at radius 3 is 2.44 bits per heavy atom. The number of aliphatic hydroxyl groups is 2. The lowest BCUT2D eigenvalue weighted by Crippen LogP contribution is -2.70. The molecule has 2 aromatic carbocycles. The quantitative estimate of drug-likeness (QED) is 0.218. The second kappa shape index (κ2) is 16.1. The van der Waals surface area contributed by atoms with Crippen LogP contribution in [0.1, 0.15) is 77.1 Å². The third-order valence-electron chi connectivity index (χ3n) is 15.6. The van der Waals surface area contributed by atoms with E-state index < -0.39 is 76.8 Å². The smallest absolute Gasteiger partial charge is 0.242 e. The molecule has 62 heavy (non-hydrogen) atoms. The number of halogens is 2. The van der Waals surface area contributed by atoms with Crippen molar-refractivity contribution in [2.24, 2.45) is 34.5 Å². The minimum absolute atomic E-state index is 0.0170. The number of thioether (sulfide) groups is 1. The van der Waals surface area contributed by atoms with Crippen LogP contribution in [0.15, 0.2) is 82.1 Å². The number of hydrogen-bond acceptors (Lipinski definition) is 11. The Hall–Kier alpha value is -3.73. The number of nitrogens with zero attached hydrogens (tertiary/aromatic N) is 1. The summed E-state index contributed by atoms with van der Waals surface area (Å²) in [5.41, 5.74) is -5.55. The van der Waals surface area contributed by atoms with Crippen LogP contribution in [0.25, 0.3) is 0 Å². The summed E-state index contributed by atoms with van der Waals surface area (Å²) in [6, 6.07) is 15.0. The first-order valence-corrected chi connectivity index (χ1v) is 23.7. The van der Waals surface area contributed by atoms with Gasteiger partial charge in [-0.3, -0.25) is 28.9 Å². The summed E-state index contributed by atoms with van der Waals surface area (Å²) in [6.07, 6.45) is 3.25. The normalized spacial score (nSPS) is 39.8. The highest BCUT2D eigenvalue weighted by molar-refractivity contribution is 8.00. The molecule has 3 amide bonds. The van der Waals surface area contributed by atoms with Gasteiger partial charge in [-0.1, -0.05) is 43.0 Å². The molecule has 2 heterocycles. The first-order chi connectivity index (χ1) is 29.6. The van der Waals surface area contributed by atoms with Gasteiger partial charge in [0, 0.05) is 56.7 Å². The lowest BCUT2D eigenvalue weighted by atomic mass is 9.44. The number of imide groups is 1. The average Bonchev–Trinajstić information content (AvgIpc) is 3.86. The summed E-state index contributed by atoms with van der Waals surface area (Å²) in [7, 11) is 0. The SMILES string of the molecule is CSC1CC(=O)N(CC2CCC(C(=O)Nc3cccc(Sc4ccc([C@@H]5O[C@@H]6C[C@H]7[C@@H]8C[C@H](F)C9=CC(=O)C=C[C@]9(C)[C@@]8(F)[C@@H](O)C[C@]7(C)[C@]6(C(=O)CO)O5)cc4)c3)CC2)C1=O. The summed E-state index contributed by atoms with van der Waals surface area (Å²) in [4.78, 5) is 67.6. The number of ether oxygens (including phenoxy) is 2. The van der Waals surface area contributed by atoms with Gasteiger partial charge in [0.15, 0.2) is 29.1 Å². The molecule has 0 bridgehead atoms. The van der Waals surface area contributed by atoms with E-state index in [2.05, 4.69) is 5.32 Å². The molecular weight excluding hydrogens is 839 g/mol. The summed E-state index contributed by atoms with van der Waals surface area (Å²) < 4.78 is 46.8. The Morgan fingerprint density at radius 1 is 1.00 bits per heavy atom. The van der Waals surface area contributed by atoms with Crippen LogP contribution in [0.3, 0.4) is 0 Å². The minimum Gasteiger partial charge on any atom is -0.390 e. The number of allylic oxidation sites excluding steroid dienone is 4. The number of alkyl halides is 2. The average molecular weight is 891 g/mol. The summed E-state index contributed by atoms with van der Waals surface area (Å²) >= 11 is 2.90. The van der Waals surface area contributed by atoms with Crippen LogP contribution in [0.2, 0.25) is 0 Å². The van der Waals surface area contributed by atoms with Crippen molar-refractivity contribution >= 4 is 58.5 Å². The maximum absolute atomic E-state index is 17.7. The van der Waals surface area contributed by atoms with Crippen molar-refractivity contribution in [3.8, 4) is 0 Å². The molecule has 2 aliphatic heterocycles. The standard InChI is InChI=1S/C47H52F2N2O9S2/c1-44-16-15-29(53)18-34(44)35(48)19-33-32-20-39-47(38(55)24-52,45(32,2)22-37(54)46(33,44)49)60-43(59-39)27-11-13-30(14-12-27)62-31-6-4-5-28(17-31)50-41(57)26-9-7-25(8-10-26)23-51-40(56)21-36(61-3)42(51)58/h4-6,11-18,25-26,32-33,35-37,39,43,52,54H,7-10,19-24H2,1-3H3,(H,50,57)/t25?,26?,32-,33-,35-,36?,37-,39+,43+,44-,45-,46-,47+/m0/s1. The maximum atomic E-state index is 17.7. The van der Waals surface area contributed by atoms with Gasteiger partial charge >= 0.3 is 0 Å². The Labute approximate surface area is 367 Å². The van der Waals surface area contributed by atoms with Crippen molar-refractivity contribution in [1.82, 2.24) is 4.90 Å². The van der Waals surface area contributed by atoms with E-state index in [-0.39, 0.29) is 66.1 Å². The number of rotatable bonds is 10. The molecule has 330 valence electrons. The molecule has 11 nitrogen and oxygen atoms in total. The third kappa shape index (κ3) is 6.69. The maximum Gasteiger partial charge on any atom is 0.242 e. The van der Waals surface area contributed by atoms with E-state index >= 15 is 8.78 Å². The molecule has 7 aliphatic rings. The summed E-state index contributed by atoms with van der Waals surface area (Å²) in [5.74, 6) is -2.98. The Balaban J connectivity index is 0.845. The Bertz CT molecular complexity index is 2250. The first kappa shape index (κ1) is 43.5. The number of aliphatic hydroxyl groups excluding tert-OH is 2. The molecule has 9 rings (SSSR count). The van der Waals surface area contributed by atoms with E-state index in [1.54, 1.807) is 6.92 Å².